The number of carbonyl (C=O) groups excluding carboxylic acids is 2. The average Bonchev–Trinajstić information content (AvgIpc) is 2.44. The van der Waals surface area contributed by atoms with Gasteiger partial charge in [-0.05, 0) is 49.9 Å². The fourth-order valence-corrected chi connectivity index (χ4v) is 2.22. The lowest BCUT2D eigenvalue weighted by molar-refractivity contribution is 0.0946. The molecule has 110 valence electrons. The highest BCUT2D eigenvalue weighted by atomic mass is 16.1. The van der Waals surface area contributed by atoms with Crippen LogP contribution >= 0.6 is 0 Å². The topological polar surface area (TPSA) is 34.1 Å². The van der Waals surface area contributed by atoms with Gasteiger partial charge < -0.3 is 0 Å². The summed E-state index contributed by atoms with van der Waals surface area (Å²) in [5.41, 5.74) is 3.42. The molecular formula is C18H26O2. The monoisotopic (exact) mass is 274 g/mol. The van der Waals surface area contributed by atoms with Crippen LogP contribution in [0.5, 0.6) is 0 Å². The number of hydrogen-bond acceptors (Lipinski definition) is 2. The van der Waals surface area contributed by atoms with E-state index in [1.807, 2.05) is 26.0 Å². The van der Waals surface area contributed by atoms with Crippen LogP contribution in [0.2, 0.25) is 0 Å². The summed E-state index contributed by atoms with van der Waals surface area (Å²) >= 11 is 0. The molecule has 0 aromatic heterocycles. The van der Waals surface area contributed by atoms with E-state index in [-0.39, 0.29) is 11.6 Å². The third-order valence-corrected chi connectivity index (χ3v) is 3.75. The van der Waals surface area contributed by atoms with Crippen LogP contribution in [-0.2, 0) is 0 Å². The molecule has 0 amide bonds. The Morgan fingerprint density at radius 3 is 1.45 bits per heavy atom. The highest BCUT2D eigenvalue weighted by molar-refractivity contribution is 6.09. The zero-order valence-corrected chi connectivity index (χ0v) is 13.2. The van der Waals surface area contributed by atoms with Gasteiger partial charge in [0.1, 0.15) is 0 Å². The number of carbonyl (C=O) groups is 2. The minimum Gasteiger partial charge on any atom is -0.294 e. The van der Waals surface area contributed by atoms with Gasteiger partial charge in [0.05, 0.1) is 0 Å². The fourth-order valence-electron chi connectivity index (χ4n) is 2.22. The second-order valence-corrected chi connectivity index (χ2v) is 5.54. The fraction of sp³-hybridized carbons (Fsp3) is 0.556. The average molecular weight is 274 g/mol. The Kier molecular flexibility index (Phi) is 6.63. The van der Waals surface area contributed by atoms with Crippen LogP contribution in [0.15, 0.2) is 12.1 Å². The maximum absolute atomic E-state index is 12.3. The van der Waals surface area contributed by atoms with E-state index in [2.05, 4.69) is 13.8 Å². The van der Waals surface area contributed by atoms with Crippen molar-refractivity contribution in [2.24, 2.45) is 0 Å². The molecule has 0 aliphatic carbocycles. The number of aryl methyl sites for hydroxylation is 2. The summed E-state index contributed by atoms with van der Waals surface area (Å²) in [6.45, 7) is 8.13. The van der Waals surface area contributed by atoms with E-state index in [1.165, 1.54) is 0 Å². The minimum atomic E-state index is 0.106. The van der Waals surface area contributed by atoms with Gasteiger partial charge in [0, 0.05) is 24.0 Å². The molecule has 0 aliphatic heterocycles. The van der Waals surface area contributed by atoms with Crippen molar-refractivity contribution in [2.75, 3.05) is 0 Å². The van der Waals surface area contributed by atoms with Crippen LogP contribution in [-0.4, -0.2) is 11.6 Å². The second-order valence-electron chi connectivity index (χ2n) is 5.54. The van der Waals surface area contributed by atoms with Gasteiger partial charge in [-0.1, -0.05) is 26.7 Å². The standard InChI is InChI=1S/C18H26O2/c1-5-7-9-17(19)15-11-13(3)14(4)12-16(15)18(20)10-8-6-2/h11-12H,5-10H2,1-4H3. The number of benzene rings is 1. The number of hydrogen-bond donors (Lipinski definition) is 0. The predicted octanol–water partition coefficient (Wildman–Crippen LogP) is 5.05. The molecule has 0 N–H and O–H groups in total. The summed E-state index contributed by atoms with van der Waals surface area (Å²) in [5, 5.41) is 0. The number of rotatable bonds is 8. The zero-order chi connectivity index (χ0) is 15.1. The highest BCUT2D eigenvalue weighted by Crippen LogP contribution is 2.21. The van der Waals surface area contributed by atoms with E-state index in [0.29, 0.717) is 24.0 Å². The summed E-state index contributed by atoms with van der Waals surface area (Å²) in [4.78, 5) is 24.6. The Hall–Kier alpha value is -1.44. The molecule has 0 saturated carbocycles. The highest BCUT2D eigenvalue weighted by Gasteiger charge is 2.17. The van der Waals surface area contributed by atoms with E-state index in [9.17, 15) is 9.59 Å². The molecule has 20 heavy (non-hydrogen) atoms. The first-order chi connectivity index (χ1) is 9.51. The van der Waals surface area contributed by atoms with Gasteiger partial charge in [-0.25, -0.2) is 0 Å². The van der Waals surface area contributed by atoms with E-state index >= 15 is 0 Å². The Morgan fingerprint density at radius 2 is 1.15 bits per heavy atom. The predicted molar refractivity (Wildman–Crippen MR) is 83.6 cm³/mol. The molecule has 1 aromatic carbocycles. The maximum atomic E-state index is 12.3. The first kappa shape index (κ1) is 16.6. The molecular weight excluding hydrogens is 248 g/mol. The van der Waals surface area contributed by atoms with Crippen LogP contribution in [0, 0.1) is 13.8 Å². The molecule has 0 heterocycles. The molecule has 1 rings (SSSR count). The summed E-state index contributed by atoms with van der Waals surface area (Å²) in [7, 11) is 0. The number of Topliss-reactive ketones (excluding diaryl/α,β-unsaturated/α-hetero) is 2. The molecule has 2 nitrogen and oxygen atoms in total. The van der Waals surface area contributed by atoms with Crippen LogP contribution in [0.4, 0.5) is 0 Å². The van der Waals surface area contributed by atoms with E-state index in [0.717, 1.165) is 36.8 Å². The molecule has 2 heteroatoms. The van der Waals surface area contributed by atoms with E-state index < -0.39 is 0 Å². The van der Waals surface area contributed by atoms with Crippen LogP contribution in [0.3, 0.4) is 0 Å². The lowest BCUT2D eigenvalue weighted by Gasteiger charge is -2.11. The van der Waals surface area contributed by atoms with Crippen molar-refractivity contribution < 1.29 is 9.59 Å². The van der Waals surface area contributed by atoms with Gasteiger partial charge in [-0.3, -0.25) is 9.59 Å². The Morgan fingerprint density at radius 1 is 0.800 bits per heavy atom. The first-order valence-electron chi connectivity index (χ1n) is 7.68. The van der Waals surface area contributed by atoms with Gasteiger partial charge in [0.2, 0.25) is 0 Å². The molecule has 0 bridgehead atoms. The minimum absolute atomic E-state index is 0.106. The van der Waals surface area contributed by atoms with Crippen LogP contribution in [0.1, 0.15) is 84.2 Å². The van der Waals surface area contributed by atoms with Crippen molar-refractivity contribution in [3.05, 3.63) is 34.4 Å². The van der Waals surface area contributed by atoms with Crippen molar-refractivity contribution in [3.8, 4) is 0 Å². The summed E-state index contributed by atoms with van der Waals surface area (Å²) < 4.78 is 0. The third kappa shape index (κ3) is 4.29. The smallest absolute Gasteiger partial charge is 0.163 e. The second kappa shape index (κ2) is 7.98. The van der Waals surface area contributed by atoms with Gasteiger partial charge in [0.15, 0.2) is 11.6 Å². The molecule has 0 aliphatic rings. The molecule has 1 aromatic rings. The van der Waals surface area contributed by atoms with Crippen molar-refractivity contribution in [1.82, 2.24) is 0 Å². The van der Waals surface area contributed by atoms with Gasteiger partial charge in [-0.15, -0.1) is 0 Å². The molecule has 0 fully saturated rings. The Bertz CT molecular complexity index is 441. The van der Waals surface area contributed by atoms with Crippen LogP contribution in [0.25, 0.3) is 0 Å². The first-order valence-corrected chi connectivity index (χ1v) is 7.68. The lowest BCUT2D eigenvalue weighted by Crippen LogP contribution is -2.10. The van der Waals surface area contributed by atoms with E-state index in [4.69, 9.17) is 0 Å². The van der Waals surface area contributed by atoms with Crippen molar-refractivity contribution in [3.63, 3.8) is 0 Å². The Labute approximate surface area is 122 Å². The van der Waals surface area contributed by atoms with Crippen molar-refractivity contribution in [1.29, 1.82) is 0 Å². The quantitative estimate of drug-likeness (QED) is 0.622. The van der Waals surface area contributed by atoms with Crippen LogP contribution < -0.4 is 0 Å². The SMILES string of the molecule is CCCCC(=O)c1cc(C)c(C)cc1C(=O)CCCC. The maximum Gasteiger partial charge on any atom is 0.163 e. The molecule has 0 atom stereocenters. The largest absolute Gasteiger partial charge is 0.294 e. The molecule has 0 radical (unpaired) electrons. The molecule has 0 unspecified atom stereocenters. The zero-order valence-electron chi connectivity index (χ0n) is 13.2. The van der Waals surface area contributed by atoms with E-state index in [1.54, 1.807) is 0 Å². The van der Waals surface area contributed by atoms with Crippen molar-refractivity contribution >= 4 is 11.6 Å². The van der Waals surface area contributed by atoms with Crippen molar-refractivity contribution in [2.45, 2.75) is 66.2 Å². The molecule has 0 saturated heterocycles. The third-order valence-electron chi connectivity index (χ3n) is 3.75. The summed E-state index contributed by atoms with van der Waals surface area (Å²) in [5.74, 6) is 0.213. The van der Waals surface area contributed by atoms with Gasteiger partial charge in [-0.2, -0.15) is 0 Å². The normalized spacial score (nSPS) is 10.6. The lowest BCUT2D eigenvalue weighted by atomic mass is 9.91. The number of ketones is 2. The summed E-state index contributed by atoms with van der Waals surface area (Å²) in [6, 6.07) is 3.79. The number of unbranched alkanes of at least 4 members (excludes halogenated alkanes) is 2. The van der Waals surface area contributed by atoms with Gasteiger partial charge in [0.25, 0.3) is 0 Å². The Balaban J connectivity index is 3.10. The van der Waals surface area contributed by atoms with Gasteiger partial charge >= 0.3 is 0 Å². The summed E-state index contributed by atoms with van der Waals surface area (Å²) in [6.07, 6.45) is 4.83. The molecule has 0 spiro atoms.